The zero-order chi connectivity index (χ0) is 6.69. The van der Waals surface area contributed by atoms with E-state index in [4.69, 9.17) is 10.2 Å². The first-order valence-electron chi connectivity index (χ1n) is 3.28. The van der Waals surface area contributed by atoms with Crippen LogP contribution in [0.4, 0.5) is 0 Å². The Bertz CT molecular complexity index is 109. The van der Waals surface area contributed by atoms with E-state index < -0.39 is 0 Å². The molecule has 0 aromatic carbocycles. The molecule has 0 spiro atoms. The maximum atomic E-state index is 9.01. The molecule has 2 nitrogen and oxygen atoms in total. The van der Waals surface area contributed by atoms with Gasteiger partial charge < -0.3 is 10.2 Å². The van der Waals surface area contributed by atoms with Crippen molar-refractivity contribution in [1.82, 2.24) is 0 Å². The van der Waals surface area contributed by atoms with E-state index in [1.165, 1.54) is 0 Å². The van der Waals surface area contributed by atoms with Gasteiger partial charge in [0, 0.05) is 6.61 Å². The van der Waals surface area contributed by atoms with Crippen molar-refractivity contribution in [2.24, 2.45) is 5.92 Å². The van der Waals surface area contributed by atoms with Crippen molar-refractivity contribution in [2.75, 3.05) is 6.61 Å². The van der Waals surface area contributed by atoms with Gasteiger partial charge in [-0.25, -0.2) is 0 Å². The maximum absolute atomic E-state index is 9.01. The molecule has 0 radical (unpaired) electrons. The molecule has 2 atom stereocenters. The molecule has 0 heterocycles. The Morgan fingerprint density at radius 1 is 1.56 bits per heavy atom. The van der Waals surface area contributed by atoms with Crippen LogP contribution in [-0.4, -0.2) is 22.9 Å². The fraction of sp³-hybridized carbons (Fsp3) is 0.714. The SMILES string of the molecule is OC[C@H]1CC=C[C@@H](O)C1. The lowest BCUT2D eigenvalue weighted by molar-refractivity contribution is 0.139. The fourth-order valence-electron chi connectivity index (χ4n) is 1.09. The third kappa shape index (κ3) is 1.80. The summed E-state index contributed by atoms with van der Waals surface area (Å²) in [5.41, 5.74) is 0. The quantitative estimate of drug-likeness (QED) is 0.499. The minimum atomic E-state index is -0.323. The van der Waals surface area contributed by atoms with Gasteiger partial charge in [-0.1, -0.05) is 12.2 Å². The summed E-state index contributed by atoms with van der Waals surface area (Å²) in [7, 11) is 0. The molecule has 0 unspecified atom stereocenters. The summed E-state index contributed by atoms with van der Waals surface area (Å²) in [6.07, 6.45) is 5.01. The van der Waals surface area contributed by atoms with Crippen LogP contribution in [0.3, 0.4) is 0 Å². The second-order valence-corrected chi connectivity index (χ2v) is 2.52. The molecule has 2 heteroatoms. The Labute approximate surface area is 54.8 Å². The van der Waals surface area contributed by atoms with Gasteiger partial charge in [0.2, 0.25) is 0 Å². The Hall–Kier alpha value is -0.340. The first kappa shape index (κ1) is 6.78. The summed E-state index contributed by atoms with van der Waals surface area (Å²) >= 11 is 0. The van der Waals surface area contributed by atoms with Crippen molar-refractivity contribution in [1.29, 1.82) is 0 Å². The highest BCUT2D eigenvalue weighted by Gasteiger charge is 2.13. The van der Waals surface area contributed by atoms with Crippen LogP contribution in [0.2, 0.25) is 0 Å². The number of aliphatic hydroxyl groups excluding tert-OH is 2. The van der Waals surface area contributed by atoms with E-state index in [9.17, 15) is 0 Å². The largest absolute Gasteiger partial charge is 0.396 e. The van der Waals surface area contributed by atoms with E-state index in [2.05, 4.69) is 0 Å². The summed E-state index contributed by atoms with van der Waals surface area (Å²) in [5, 5.41) is 17.7. The van der Waals surface area contributed by atoms with Crippen LogP contribution in [-0.2, 0) is 0 Å². The van der Waals surface area contributed by atoms with Crippen molar-refractivity contribution < 1.29 is 10.2 Å². The van der Waals surface area contributed by atoms with E-state index in [0.717, 1.165) is 6.42 Å². The summed E-state index contributed by atoms with van der Waals surface area (Å²) in [4.78, 5) is 0. The van der Waals surface area contributed by atoms with Gasteiger partial charge in [0.05, 0.1) is 6.10 Å². The van der Waals surface area contributed by atoms with Crippen molar-refractivity contribution >= 4 is 0 Å². The van der Waals surface area contributed by atoms with Crippen molar-refractivity contribution in [3.05, 3.63) is 12.2 Å². The summed E-state index contributed by atoms with van der Waals surface area (Å²) in [6, 6.07) is 0. The number of rotatable bonds is 1. The Kier molecular flexibility index (Phi) is 2.25. The lowest BCUT2D eigenvalue weighted by atomic mass is 9.94. The molecule has 0 aromatic rings. The molecule has 0 amide bonds. The van der Waals surface area contributed by atoms with Crippen molar-refractivity contribution in [3.63, 3.8) is 0 Å². The number of allylic oxidation sites excluding steroid dienone is 1. The van der Waals surface area contributed by atoms with Crippen LogP contribution in [0.15, 0.2) is 12.2 Å². The Morgan fingerprint density at radius 3 is 2.78 bits per heavy atom. The van der Waals surface area contributed by atoms with E-state index in [1.807, 2.05) is 6.08 Å². The van der Waals surface area contributed by atoms with Gasteiger partial charge in [0.1, 0.15) is 0 Å². The van der Waals surface area contributed by atoms with Gasteiger partial charge >= 0.3 is 0 Å². The first-order chi connectivity index (χ1) is 4.33. The lowest BCUT2D eigenvalue weighted by Crippen LogP contribution is -2.17. The molecule has 0 aromatic heterocycles. The molecule has 0 aliphatic heterocycles. The molecule has 1 rings (SSSR count). The van der Waals surface area contributed by atoms with Crippen LogP contribution < -0.4 is 0 Å². The molecule has 52 valence electrons. The van der Waals surface area contributed by atoms with Crippen LogP contribution >= 0.6 is 0 Å². The highest BCUT2D eigenvalue weighted by atomic mass is 16.3. The zero-order valence-electron chi connectivity index (χ0n) is 5.33. The van der Waals surface area contributed by atoms with Gasteiger partial charge in [-0.05, 0) is 18.8 Å². The number of hydrogen-bond acceptors (Lipinski definition) is 2. The monoisotopic (exact) mass is 128 g/mol. The Morgan fingerprint density at radius 2 is 2.33 bits per heavy atom. The van der Waals surface area contributed by atoms with Gasteiger partial charge in [-0.3, -0.25) is 0 Å². The average Bonchev–Trinajstić information content (AvgIpc) is 1.88. The third-order valence-electron chi connectivity index (χ3n) is 1.66. The Balaban J connectivity index is 2.38. The standard InChI is InChI=1S/C7H12O2/c8-5-6-2-1-3-7(9)4-6/h1,3,6-9H,2,4-5H2/t6-,7+/m0/s1. The van der Waals surface area contributed by atoms with Crippen LogP contribution in [0.1, 0.15) is 12.8 Å². The van der Waals surface area contributed by atoms with Gasteiger partial charge in [-0.2, -0.15) is 0 Å². The van der Waals surface area contributed by atoms with Crippen molar-refractivity contribution in [3.8, 4) is 0 Å². The average molecular weight is 128 g/mol. The summed E-state index contributed by atoms with van der Waals surface area (Å²) < 4.78 is 0. The smallest absolute Gasteiger partial charge is 0.0724 e. The fourth-order valence-corrected chi connectivity index (χ4v) is 1.09. The molecule has 9 heavy (non-hydrogen) atoms. The molecule has 1 aliphatic carbocycles. The normalized spacial score (nSPS) is 34.9. The van der Waals surface area contributed by atoms with Crippen molar-refractivity contribution in [2.45, 2.75) is 18.9 Å². The molecule has 0 fully saturated rings. The van der Waals surface area contributed by atoms with Gasteiger partial charge in [0.15, 0.2) is 0 Å². The molecule has 0 saturated carbocycles. The lowest BCUT2D eigenvalue weighted by Gasteiger charge is -2.18. The second-order valence-electron chi connectivity index (χ2n) is 2.52. The van der Waals surface area contributed by atoms with Crippen LogP contribution in [0.5, 0.6) is 0 Å². The molecular weight excluding hydrogens is 116 g/mol. The van der Waals surface area contributed by atoms with E-state index in [1.54, 1.807) is 6.08 Å². The molecule has 1 aliphatic rings. The summed E-state index contributed by atoms with van der Waals surface area (Å²) in [5.74, 6) is 0.282. The molecule has 2 N–H and O–H groups in total. The van der Waals surface area contributed by atoms with Crippen LogP contribution in [0.25, 0.3) is 0 Å². The predicted molar refractivity (Wildman–Crippen MR) is 35.0 cm³/mol. The first-order valence-corrected chi connectivity index (χ1v) is 3.28. The highest BCUT2D eigenvalue weighted by Crippen LogP contribution is 2.17. The number of aliphatic hydroxyl groups is 2. The third-order valence-corrected chi connectivity index (χ3v) is 1.66. The molecule has 0 bridgehead atoms. The number of hydrogen-bond donors (Lipinski definition) is 2. The van der Waals surface area contributed by atoms with Gasteiger partial charge in [-0.15, -0.1) is 0 Å². The predicted octanol–water partition coefficient (Wildman–Crippen LogP) is 0.306. The second kappa shape index (κ2) is 2.99. The highest BCUT2D eigenvalue weighted by molar-refractivity contribution is 4.96. The minimum absolute atomic E-state index is 0.196. The van der Waals surface area contributed by atoms with Gasteiger partial charge in [0.25, 0.3) is 0 Å². The van der Waals surface area contributed by atoms with E-state index in [-0.39, 0.29) is 18.6 Å². The molecule has 0 saturated heterocycles. The zero-order valence-corrected chi connectivity index (χ0v) is 5.33. The summed E-state index contributed by atoms with van der Waals surface area (Å²) in [6.45, 7) is 0.196. The topological polar surface area (TPSA) is 40.5 Å². The maximum Gasteiger partial charge on any atom is 0.0724 e. The van der Waals surface area contributed by atoms with E-state index in [0.29, 0.717) is 6.42 Å². The molecular formula is C7H12O2. The van der Waals surface area contributed by atoms with Crippen LogP contribution in [0, 0.1) is 5.92 Å². The minimum Gasteiger partial charge on any atom is -0.396 e. The van der Waals surface area contributed by atoms with E-state index >= 15 is 0 Å².